The molecule has 0 radical (unpaired) electrons. The first kappa shape index (κ1) is 64.9. The maximum atomic E-state index is 12.3. The predicted molar refractivity (Wildman–Crippen MR) is 293 cm³/mol. The van der Waals surface area contributed by atoms with E-state index in [1.807, 2.05) is 0 Å². The van der Waals surface area contributed by atoms with Crippen molar-refractivity contribution in [3.05, 3.63) is 48.6 Å². The second-order valence-electron chi connectivity index (χ2n) is 20.1. The average Bonchev–Trinajstić information content (AvgIpc) is 3.33. The third-order valence-electron chi connectivity index (χ3n) is 13.4. The van der Waals surface area contributed by atoms with E-state index in [1.165, 1.54) is 225 Å². The molecule has 392 valence electrons. The van der Waals surface area contributed by atoms with Gasteiger partial charge in [-0.1, -0.05) is 300 Å². The third kappa shape index (κ3) is 56.3. The number of carbonyl (C=O) groups excluding carboxylic acids is 2. The lowest BCUT2D eigenvalue weighted by Crippen LogP contribution is -2.28. The molecule has 1 N–H and O–H groups in total. The summed E-state index contributed by atoms with van der Waals surface area (Å²) in [6.45, 7) is 4.05. The minimum atomic E-state index is -0.766. The van der Waals surface area contributed by atoms with Gasteiger partial charge in [0.2, 0.25) is 0 Å². The van der Waals surface area contributed by atoms with E-state index in [2.05, 4.69) is 62.5 Å². The van der Waals surface area contributed by atoms with Crippen molar-refractivity contribution in [1.29, 1.82) is 0 Å². The van der Waals surface area contributed by atoms with Crippen LogP contribution in [0.2, 0.25) is 0 Å². The summed E-state index contributed by atoms with van der Waals surface area (Å²) in [6, 6.07) is 0. The van der Waals surface area contributed by atoms with Gasteiger partial charge >= 0.3 is 11.9 Å². The van der Waals surface area contributed by atoms with Crippen molar-refractivity contribution in [2.24, 2.45) is 0 Å². The van der Waals surface area contributed by atoms with Crippen molar-refractivity contribution in [3.63, 3.8) is 0 Å². The van der Waals surface area contributed by atoms with Gasteiger partial charge in [0.05, 0.1) is 6.61 Å². The van der Waals surface area contributed by atoms with Gasteiger partial charge in [-0.25, -0.2) is 0 Å². The van der Waals surface area contributed by atoms with Gasteiger partial charge in [-0.2, -0.15) is 0 Å². The molecule has 0 aliphatic heterocycles. The van der Waals surface area contributed by atoms with Crippen LogP contribution in [-0.4, -0.2) is 36.4 Å². The number of esters is 2. The lowest BCUT2D eigenvalue weighted by Gasteiger charge is -2.15. The zero-order chi connectivity index (χ0) is 48.5. The molecule has 0 aliphatic carbocycles. The summed E-state index contributed by atoms with van der Waals surface area (Å²) in [5, 5.41) is 9.62. The van der Waals surface area contributed by atoms with Crippen molar-refractivity contribution in [2.45, 2.75) is 322 Å². The summed E-state index contributed by atoms with van der Waals surface area (Å²) in [5.74, 6) is -0.573. The van der Waals surface area contributed by atoms with E-state index < -0.39 is 6.10 Å². The number of carbonyl (C=O) groups is 2. The number of aliphatic hydroxyl groups excluding tert-OH is 1. The maximum Gasteiger partial charge on any atom is 0.306 e. The Balaban J connectivity index is 3.34. The highest BCUT2D eigenvalue weighted by atomic mass is 16.6. The van der Waals surface area contributed by atoms with E-state index in [0.29, 0.717) is 12.8 Å². The van der Waals surface area contributed by atoms with Crippen molar-refractivity contribution in [3.8, 4) is 0 Å². The summed E-state index contributed by atoms with van der Waals surface area (Å²) >= 11 is 0. The summed E-state index contributed by atoms with van der Waals surface area (Å²) in [7, 11) is 0. The molecule has 0 saturated carbocycles. The van der Waals surface area contributed by atoms with Crippen LogP contribution in [0, 0.1) is 0 Å². The number of aliphatic hydroxyl groups is 1. The molecule has 1 unspecified atom stereocenters. The molecule has 1 atom stereocenters. The highest BCUT2D eigenvalue weighted by Gasteiger charge is 2.16. The zero-order valence-electron chi connectivity index (χ0n) is 44.9. The SMILES string of the molecule is CC/C=C\C/C=C\C/C=C\C/C=C\CCCCCCCCCCCCCCCCCCCCCCCCCCCCCCC(=O)OC(CO)COC(=O)CCCCCCCCCCCCCC. The number of unbranched alkanes of at least 4 members (excludes halogenated alkanes) is 39. The number of hydrogen-bond acceptors (Lipinski definition) is 5. The highest BCUT2D eigenvalue weighted by molar-refractivity contribution is 5.70. The van der Waals surface area contributed by atoms with Crippen LogP contribution in [0.25, 0.3) is 0 Å². The average molecular weight is 940 g/mol. The van der Waals surface area contributed by atoms with Gasteiger partial charge in [-0.05, 0) is 51.4 Å². The standard InChI is InChI=1S/C62H114O5/c1-3-5-7-9-11-13-15-17-18-19-20-21-22-23-24-25-26-27-28-29-30-31-32-33-34-35-36-37-38-39-40-41-42-43-44-45-47-49-51-53-55-57-62(65)67-60(58-63)59-66-61(64)56-54-52-50-48-46-16-14-12-10-8-6-4-2/h5,7,11,13,17-18,20-21,60,63H,3-4,6,8-10,12,14-16,19,22-59H2,1-2H3/b7-5-,13-11-,18-17-,21-20-. The smallest absolute Gasteiger partial charge is 0.306 e. The Bertz CT molecular complexity index is 1110. The molecular weight excluding hydrogens is 825 g/mol. The Kier molecular flexibility index (Phi) is 56.3. The van der Waals surface area contributed by atoms with Crippen LogP contribution in [0.1, 0.15) is 316 Å². The van der Waals surface area contributed by atoms with Crippen LogP contribution in [-0.2, 0) is 19.1 Å². The Morgan fingerprint density at radius 3 is 0.970 bits per heavy atom. The van der Waals surface area contributed by atoms with Gasteiger partial charge in [0.1, 0.15) is 6.61 Å². The fourth-order valence-electron chi connectivity index (χ4n) is 8.96. The lowest BCUT2D eigenvalue weighted by atomic mass is 10.0. The number of hydrogen-bond donors (Lipinski definition) is 1. The zero-order valence-corrected chi connectivity index (χ0v) is 44.9. The third-order valence-corrected chi connectivity index (χ3v) is 13.4. The van der Waals surface area contributed by atoms with Gasteiger partial charge in [0.15, 0.2) is 6.10 Å². The lowest BCUT2D eigenvalue weighted by molar-refractivity contribution is -0.161. The summed E-state index contributed by atoms with van der Waals surface area (Å²) in [5.41, 5.74) is 0. The molecule has 0 amide bonds. The number of rotatable bonds is 55. The van der Waals surface area contributed by atoms with Crippen LogP contribution in [0.3, 0.4) is 0 Å². The first-order chi connectivity index (χ1) is 33.1. The van der Waals surface area contributed by atoms with E-state index in [4.69, 9.17) is 9.47 Å². The second-order valence-corrected chi connectivity index (χ2v) is 20.1. The first-order valence-electron chi connectivity index (χ1n) is 29.7. The topological polar surface area (TPSA) is 72.8 Å². The molecular formula is C62H114O5. The monoisotopic (exact) mass is 939 g/mol. The van der Waals surface area contributed by atoms with E-state index in [9.17, 15) is 14.7 Å². The normalized spacial score (nSPS) is 12.5. The molecule has 0 bridgehead atoms. The van der Waals surface area contributed by atoms with Gasteiger partial charge in [0, 0.05) is 12.8 Å². The molecule has 0 heterocycles. The largest absolute Gasteiger partial charge is 0.462 e. The van der Waals surface area contributed by atoms with Gasteiger partial charge < -0.3 is 14.6 Å². The van der Waals surface area contributed by atoms with Crippen molar-refractivity contribution in [2.75, 3.05) is 13.2 Å². The Morgan fingerprint density at radius 1 is 0.358 bits per heavy atom. The minimum Gasteiger partial charge on any atom is -0.462 e. The quantitative estimate of drug-likeness (QED) is 0.0374. The molecule has 0 aromatic rings. The van der Waals surface area contributed by atoms with Crippen molar-refractivity contribution in [1.82, 2.24) is 0 Å². The van der Waals surface area contributed by atoms with Crippen LogP contribution < -0.4 is 0 Å². The first-order valence-corrected chi connectivity index (χ1v) is 29.7. The Morgan fingerprint density at radius 2 is 0.642 bits per heavy atom. The molecule has 67 heavy (non-hydrogen) atoms. The summed E-state index contributed by atoms with van der Waals surface area (Å²) in [6.07, 6.45) is 77.0. The fraction of sp³-hybridized carbons (Fsp3) is 0.839. The molecule has 0 saturated heterocycles. The summed E-state index contributed by atoms with van der Waals surface area (Å²) < 4.78 is 10.7. The number of ether oxygens (including phenoxy) is 2. The molecule has 0 spiro atoms. The minimum absolute atomic E-state index is 0.0590. The number of allylic oxidation sites excluding steroid dienone is 8. The van der Waals surface area contributed by atoms with E-state index in [1.54, 1.807) is 0 Å². The molecule has 0 rings (SSSR count). The van der Waals surface area contributed by atoms with E-state index in [0.717, 1.165) is 64.2 Å². The molecule has 0 aliphatic rings. The molecule has 0 aromatic carbocycles. The highest BCUT2D eigenvalue weighted by Crippen LogP contribution is 2.18. The molecule has 5 nitrogen and oxygen atoms in total. The maximum absolute atomic E-state index is 12.3. The van der Waals surface area contributed by atoms with Crippen LogP contribution in [0.4, 0.5) is 0 Å². The second kappa shape index (κ2) is 58.2. The van der Waals surface area contributed by atoms with Crippen molar-refractivity contribution < 1.29 is 24.2 Å². The predicted octanol–water partition coefficient (Wildman–Crippen LogP) is 20.0. The summed E-state index contributed by atoms with van der Waals surface area (Å²) in [4.78, 5) is 24.4. The van der Waals surface area contributed by atoms with Gasteiger partial charge in [-0.15, -0.1) is 0 Å². The van der Waals surface area contributed by atoms with Crippen LogP contribution in [0.15, 0.2) is 48.6 Å². The van der Waals surface area contributed by atoms with E-state index in [-0.39, 0.29) is 25.2 Å². The Labute approximate surface area is 418 Å². The van der Waals surface area contributed by atoms with Crippen molar-refractivity contribution >= 4 is 11.9 Å². The fourth-order valence-corrected chi connectivity index (χ4v) is 8.96. The van der Waals surface area contributed by atoms with Gasteiger partial charge in [-0.3, -0.25) is 9.59 Å². The molecule has 5 heteroatoms. The molecule has 0 aromatic heterocycles. The molecule has 0 fully saturated rings. The van der Waals surface area contributed by atoms with E-state index >= 15 is 0 Å². The van der Waals surface area contributed by atoms with Crippen LogP contribution >= 0.6 is 0 Å². The van der Waals surface area contributed by atoms with Crippen LogP contribution in [0.5, 0.6) is 0 Å². The Hall–Kier alpha value is -2.14. The van der Waals surface area contributed by atoms with Gasteiger partial charge in [0.25, 0.3) is 0 Å².